The SMILES string of the molecule is COc1ccc(C2CC(c3ccccc3)=NN2C(=O)CNC(C)c2ccccn2)cc1. The van der Waals surface area contributed by atoms with E-state index < -0.39 is 0 Å². The highest BCUT2D eigenvalue weighted by molar-refractivity contribution is 6.03. The predicted octanol–water partition coefficient (Wildman–Crippen LogP) is 4.12. The monoisotopic (exact) mass is 414 g/mol. The third-order valence-electron chi connectivity index (χ3n) is 5.46. The molecule has 31 heavy (non-hydrogen) atoms. The third kappa shape index (κ3) is 4.81. The zero-order valence-corrected chi connectivity index (χ0v) is 17.7. The van der Waals surface area contributed by atoms with Crippen LogP contribution >= 0.6 is 0 Å². The highest BCUT2D eigenvalue weighted by Gasteiger charge is 2.33. The maximum Gasteiger partial charge on any atom is 0.257 e. The van der Waals surface area contributed by atoms with Gasteiger partial charge in [-0.15, -0.1) is 0 Å². The van der Waals surface area contributed by atoms with E-state index in [0.29, 0.717) is 6.42 Å². The van der Waals surface area contributed by atoms with Crippen molar-refractivity contribution in [2.45, 2.75) is 25.4 Å². The molecule has 0 spiro atoms. The van der Waals surface area contributed by atoms with Crippen LogP contribution in [0.4, 0.5) is 0 Å². The van der Waals surface area contributed by atoms with E-state index in [1.165, 1.54) is 0 Å². The van der Waals surface area contributed by atoms with Gasteiger partial charge in [0.1, 0.15) is 5.75 Å². The smallest absolute Gasteiger partial charge is 0.257 e. The quantitative estimate of drug-likeness (QED) is 0.632. The maximum absolute atomic E-state index is 13.2. The van der Waals surface area contributed by atoms with Crippen molar-refractivity contribution in [2.24, 2.45) is 5.10 Å². The van der Waals surface area contributed by atoms with Crippen molar-refractivity contribution >= 4 is 11.6 Å². The molecule has 2 heterocycles. The van der Waals surface area contributed by atoms with Gasteiger partial charge < -0.3 is 10.1 Å². The number of carbonyl (C=O) groups excluding carboxylic acids is 1. The van der Waals surface area contributed by atoms with Gasteiger partial charge in [-0.1, -0.05) is 48.5 Å². The Morgan fingerprint density at radius 2 is 1.84 bits per heavy atom. The molecule has 1 aliphatic rings. The Balaban J connectivity index is 1.54. The lowest BCUT2D eigenvalue weighted by atomic mass is 9.98. The van der Waals surface area contributed by atoms with Crippen LogP contribution < -0.4 is 10.1 Å². The molecule has 6 nitrogen and oxygen atoms in total. The summed E-state index contributed by atoms with van der Waals surface area (Å²) in [5.74, 6) is 0.712. The van der Waals surface area contributed by atoms with Crippen LogP contribution in [0.2, 0.25) is 0 Å². The largest absolute Gasteiger partial charge is 0.497 e. The average Bonchev–Trinajstić information content (AvgIpc) is 3.29. The lowest BCUT2D eigenvalue weighted by Gasteiger charge is -2.23. The van der Waals surface area contributed by atoms with E-state index in [1.807, 2.05) is 79.7 Å². The first-order valence-electron chi connectivity index (χ1n) is 10.4. The molecule has 0 fully saturated rings. The van der Waals surface area contributed by atoms with Crippen LogP contribution in [0.3, 0.4) is 0 Å². The summed E-state index contributed by atoms with van der Waals surface area (Å²) >= 11 is 0. The number of amides is 1. The molecule has 0 saturated heterocycles. The van der Waals surface area contributed by atoms with Crippen LogP contribution in [-0.4, -0.2) is 35.3 Å². The summed E-state index contributed by atoms with van der Waals surface area (Å²) < 4.78 is 5.28. The first kappa shape index (κ1) is 20.8. The Labute approximate surface area is 182 Å². The summed E-state index contributed by atoms with van der Waals surface area (Å²) in [5.41, 5.74) is 3.87. The standard InChI is InChI=1S/C25H26N4O2/c1-18(22-10-6-7-15-26-22)27-17-25(30)29-24(20-11-13-21(31-2)14-12-20)16-23(28-29)19-8-4-3-5-9-19/h3-15,18,24,27H,16-17H2,1-2H3. The van der Waals surface area contributed by atoms with Gasteiger partial charge in [0.25, 0.3) is 5.91 Å². The number of hydrogen-bond donors (Lipinski definition) is 1. The number of ether oxygens (including phenoxy) is 1. The zero-order chi connectivity index (χ0) is 21.6. The Morgan fingerprint density at radius 3 is 2.52 bits per heavy atom. The minimum absolute atomic E-state index is 0.0373. The Morgan fingerprint density at radius 1 is 1.10 bits per heavy atom. The number of rotatable bonds is 7. The molecule has 1 aromatic heterocycles. The number of hydrazone groups is 1. The molecule has 6 heteroatoms. The van der Waals surface area contributed by atoms with Crippen LogP contribution in [0.25, 0.3) is 0 Å². The number of carbonyl (C=O) groups is 1. The topological polar surface area (TPSA) is 66.8 Å². The van der Waals surface area contributed by atoms with Crippen molar-refractivity contribution in [1.29, 1.82) is 0 Å². The minimum Gasteiger partial charge on any atom is -0.497 e. The van der Waals surface area contributed by atoms with Gasteiger partial charge in [0.15, 0.2) is 0 Å². The molecule has 2 aromatic carbocycles. The molecular formula is C25H26N4O2. The number of nitrogens with zero attached hydrogens (tertiary/aromatic N) is 3. The zero-order valence-electron chi connectivity index (χ0n) is 17.7. The Kier molecular flexibility index (Phi) is 6.38. The van der Waals surface area contributed by atoms with Gasteiger partial charge in [0.05, 0.1) is 31.1 Å². The predicted molar refractivity (Wildman–Crippen MR) is 121 cm³/mol. The molecule has 0 saturated carbocycles. The van der Waals surface area contributed by atoms with Gasteiger partial charge in [0.2, 0.25) is 0 Å². The normalized spacial score (nSPS) is 16.6. The Hall–Kier alpha value is -3.51. The highest BCUT2D eigenvalue weighted by atomic mass is 16.5. The summed E-state index contributed by atoms with van der Waals surface area (Å²) in [6.07, 6.45) is 2.42. The van der Waals surface area contributed by atoms with Crippen LogP contribution in [-0.2, 0) is 4.79 Å². The molecule has 1 aliphatic heterocycles. The second kappa shape index (κ2) is 9.53. The molecule has 0 radical (unpaired) electrons. The van der Waals surface area contributed by atoms with E-state index >= 15 is 0 Å². The molecule has 0 aliphatic carbocycles. The minimum atomic E-state index is -0.152. The van der Waals surface area contributed by atoms with Crippen LogP contribution in [0, 0.1) is 0 Å². The summed E-state index contributed by atoms with van der Waals surface area (Å²) in [5, 5.41) is 9.61. The molecule has 4 rings (SSSR count). The fraction of sp³-hybridized carbons (Fsp3) is 0.240. The van der Waals surface area contributed by atoms with Gasteiger partial charge in [-0.3, -0.25) is 9.78 Å². The van der Waals surface area contributed by atoms with Crippen molar-refractivity contribution in [3.63, 3.8) is 0 Å². The number of nitrogens with one attached hydrogen (secondary N) is 1. The number of hydrogen-bond acceptors (Lipinski definition) is 5. The van der Waals surface area contributed by atoms with E-state index in [9.17, 15) is 4.79 Å². The maximum atomic E-state index is 13.2. The molecule has 1 N–H and O–H groups in total. The molecule has 1 amide bonds. The molecule has 2 atom stereocenters. The van der Waals surface area contributed by atoms with E-state index in [2.05, 4.69) is 10.3 Å². The Bertz CT molecular complexity index is 1040. The van der Waals surface area contributed by atoms with Gasteiger partial charge in [-0.2, -0.15) is 5.10 Å². The second-order valence-electron chi connectivity index (χ2n) is 7.50. The molecule has 3 aromatic rings. The van der Waals surface area contributed by atoms with E-state index in [4.69, 9.17) is 9.84 Å². The summed E-state index contributed by atoms with van der Waals surface area (Å²) in [4.78, 5) is 17.5. The van der Waals surface area contributed by atoms with E-state index in [0.717, 1.165) is 28.3 Å². The molecule has 158 valence electrons. The fourth-order valence-electron chi connectivity index (χ4n) is 3.69. The average molecular weight is 415 g/mol. The van der Waals surface area contributed by atoms with Crippen molar-refractivity contribution in [2.75, 3.05) is 13.7 Å². The van der Waals surface area contributed by atoms with E-state index in [1.54, 1.807) is 18.3 Å². The van der Waals surface area contributed by atoms with Crippen molar-refractivity contribution < 1.29 is 9.53 Å². The van der Waals surface area contributed by atoms with Crippen molar-refractivity contribution in [3.8, 4) is 5.75 Å². The van der Waals surface area contributed by atoms with Gasteiger partial charge in [-0.25, -0.2) is 5.01 Å². The molecule has 2 unspecified atom stereocenters. The number of methoxy groups -OCH3 is 1. The summed E-state index contributed by atoms with van der Waals surface area (Å²) in [6, 6.07) is 23.4. The summed E-state index contributed by atoms with van der Waals surface area (Å²) in [7, 11) is 1.64. The van der Waals surface area contributed by atoms with Crippen molar-refractivity contribution in [1.82, 2.24) is 15.3 Å². The van der Waals surface area contributed by atoms with Gasteiger partial charge in [-0.05, 0) is 42.3 Å². The lowest BCUT2D eigenvalue weighted by Crippen LogP contribution is -2.36. The summed E-state index contributed by atoms with van der Waals surface area (Å²) in [6.45, 7) is 2.18. The van der Waals surface area contributed by atoms with E-state index in [-0.39, 0.29) is 24.5 Å². The highest BCUT2D eigenvalue weighted by Crippen LogP contribution is 2.33. The molecule has 0 bridgehead atoms. The van der Waals surface area contributed by atoms with Gasteiger partial charge in [0, 0.05) is 18.7 Å². The molecular weight excluding hydrogens is 388 g/mol. The third-order valence-corrected chi connectivity index (χ3v) is 5.46. The second-order valence-corrected chi connectivity index (χ2v) is 7.50. The van der Waals surface area contributed by atoms with Crippen LogP contribution in [0.1, 0.15) is 42.2 Å². The first-order chi connectivity index (χ1) is 15.2. The number of aromatic nitrogens is 1. The van der Waals surface area contributed by atoms with Crippen LogP contribution in [0.5, 0.6) is 5.75 Å². The lowest BCUT2D eigenvalue weighted by molar-refractivity contribution is -0.132. The first-order valence-corrected chi connectivity index (χ1v) is 10.4. The number of benzene rings is 2. The van der Waals surface area contributed by atoms with Crippen LogP contribution in [0.15, 0.2) is 84.1 Å². The fourth-order valence-corrected chi connectivity index (χ4v) is 3.69. The number of pyridine rings is 1. The van der Waals surface area contributed by atoms with Gasteiger partial charge >= 0.3 is 0 Å². The van der Waals surface area contributed by atoms with Crippen molar-refractivity contribution in [3.05, 3.63) is 95.8 Å².